The summed E-state index contributed by atoms with van der Waals surface area (Å²) >= 11 is 0.953. The summed E-state index contributed by atoms with van der Waals surface area (Å²) in [7, 11) is 0. The lowest BCUT2D eigenvalue weighted by Crippen LogP contribution is -2.42. The molecule has 11 heavy (non-hydrogen) atoms. The smallest absolute Gasteiger partial charge is 0.167 e. The molecule has 0 radical (unpaired) electrons. The summed E-state index contributed by atoms with van der Waals surface area (Å²) in [6, 6.07) is 0. The van der Waals surface area contributed by atoms with E-state index >= 15 is 0 Å². The Bertz CT molecular complexity index is 136. The van der Waals surface area contributed by atoms with Crippen LogP contribution >= 0.6 is 11.9 Å². The van der Waals surface area contributed by atoms with Crippen LogP contribution in [0.5, 0.6) is 0 Å². The molecule has 66 valence electrons. The van der Waals surface area contributed by atoms with Gasteiger partial charge in [-0.15, -0.1) is 0 Å². The summed E-state index contributed by atoms with van der Waals surface area (Å²) in [5.41, 5.74) is -0.439. The second-order valence-corrected chi connectivity index (χ2v) is 4.16. The highest BCUT2D eigenvalue weighted by Crippen LogP contribution is 2.42. The van der Waals surface area contributed by atoms with Crippen molar-refractivity contribution in [1.82, 2.24) is 5.32 Å². The molecule has 1 unspecified atom stereocenters. The van der Waals surface area contributed by atoms with Gasteiger partial charge in [-0.1, -0.05) is 13.8 Å². The van der Waals surface area contributed by atoms with E-state index in [2.05, 4.69) is 19.2 Å². The lowest BCUT2D eigenvalue weighted by atomic mass is 10.0. The first-order valence-corrected chi connectivity index (χ1v) is 4.86. The van der Waals surface area contributed by atoms with Crippen molar-refractivity contribution in [3.8, 4) is 0 Å². The summed E-state index contributed by atoms with van der Waals surface area (Å²) in [5.74, 6) is 0.573. The van der Waals surface area contributed by atoms with Crippen LogP contribution in [0, 0.1) is 5.92 Å². The van der Waals surface area contributed by atoms with E-state index in [9.17, 15) is 5.11 Å². The largest absolute Gasteiger partial charge is 0.368 e. The third-order valence-electron chi connectivity index (χ3n) is 2.43. The number of hydrogen-bond donors (Lipinski definition) is 3. The molecule has 1 fully saturated rings. The highest BCUT2D eigenvalue weighted by molar-refractivity contribution is 7.97. The molecule has 0 aromatic rings. The number of rotatable bonds is 4. The van der Waals surface area contributed by atoms with Crippen molar-refractivity contribution >= 4 is 11.9 Å². The zero-order valence-corrected chi connectivity index (χ0v) is 7.82. The maximum atomic E-state index is 9.21. The highest BCUT2D eigenvalue weighted by atomic mass is 32.2. The van der Waals surface area contributed by atoms with Crippen LogP contribution in [-0.4, -0.2) is 16.2 Å². The third-order valence-corrected chi connectivity index (χ3v) is 2.81. The number of aliphatic hydroxyl groups excluding tert-OH is 1. The normalized spacial score (nSPS) is 23.7. The number of hydrogen-bond acceptors (Lipinski definition) is 4. The van der Waals surface area contributed by atoms with Crippen LogP contribution in [0.1, 0.15) is 26.7 Å². The maximum absolute atomic E-state index is 9.21. The quantitative estimate of drug-likeness (QED) is 0.435. The molecule has 1 atom stereocenters. The minimum atomic E-state index is -0.611. The monoisotopic (exact) mass is 176 g/mol. The zero-order valence-electron chi connectivity index (χ0n) is 7.00. The van der Waals surface area contributed by atoms with Crippen LogP contribution in [0.2, 0.25) is 0 Å². The summed E-state index contributed by atoms with van der Waals surface area (Å²) in [4.78, 5) is 0. The Morgan fingerprint density at radius 1 is 1.55 bits per heavy atom. The van der Waals surface area contributed by atoms with Crippen molar-refractivity contribution in [2.24, 2.45) is 11.1 Å². The van der Waals surface area contributed by atoms with Gasteiger partial charge in [-0.2, -0.15) is 0 Å². The van der Waals surface area contributed by atoms with E-state index < -0.39 is 5.56 Å². The molecule has 1 saturated carbocycles. The van der Waals surface area contributed by atoms with Crippen molar-refractivity contribution in [3.63, 3.8) is 0 Å². The van der Waals surface area contributed by atoms with Crippen molar-refractivity contribution in [3.05, 3.63) is 0 Å². The molecule has 1 rings (SSSR count). The van der Waals surface area contributed by atoms with Gasteiger partial charge < -0.3 is 5.11 Å². The van der Waals surface area contributed by atoms with Crippen LogP contribution < -0.4 is 10.5 Å². The Balaban J connectivity index is 2.35. The molecule has 0 bridgehead atoms. The van der Waals surface area contributed by atoms with Gasteiger partial charge in [-0.25, -0.2) is 0 Å². The molecule has 0 spiro atoms. The summed E-state index contributed by atoms with van der Waals surface area (Å²) in [6.07, 6.45) is 2.31. The Labute approximate surface area is 71.9 Å². The molecule has 0 amide bonds. The lowest BCUT2D eigenvalue weighted by molar-refractivity contribution is 0.182. The molecule has 0 aromatic carbocycles. The van der Waals surface area contributed by atoms with Crippen molar-refractivity contribution < 1.29 is 5.11 Å². The van der Waals surface area contributed by atoms with Crippen LogP contribution in [0.3, 0.4) is 0 Å². The molecule has 1 aliphatic carbocycles. The van der Waals surface area contributed by atoms with E-state index in [4.69, 9.17) is 5.14 Å². The second kappa shape index (κ2) is 3.31. The van der Waals surface area contributed by atoms with E-state index in [1.807, 2.05) is 0 Å². The Kier molecular flexibility index (Phi) is 2.80. The lowest BCUT2D eigenvalue weighted by Gasteiger charge is -2.23. The number of nitrogens with two attached hydrogens (primary N) is 1. The predicted molar refractivity (Wildman–Crippen MR) is 47.7 cm³/mol. The van der Waals surface area contributed by atoms with Gasteiger partial charge in [0.05, 0.1) is 0 Å². The molecular weight excluding hydrogens is 160 g/mol. The van der Waals surface area contributed by atoms with Gasteiger partial charge in [-0.3, -0.25) is 10.5 Å². The van der Waals surface area contributed by atoms with Gasteiger partial charge in [0.25, 0.3) is 0 Å². The summed E-state index contributed by atoms with van der Waals surface area (Å²) < 4.78 is 0. The Morgan fingerprint density at radius 2 is 2.09 bits per heavy atom. The molecule has 1 aliphatic rings. The van der Waals surface area contributed by atoms with E-state index in [0.717, 1.165) is 24.8 Å². The first-order valence-electron chi connectivity index (χ1n) is 3.92. The molecular formula is C7H16N2OS. The first kappa shape index (κ1) is 9.32. The predicted octanol–water partition coefficient (Wildman–Crippen LogP) is 0.647. The molecule has 0 saturated heterocycles. The molecule has 0 aliphatic heterocycles. The van der Waals surface area contributed by atoms with Crippen LogP contribution in [0.15, 0.2) is 0 Å². The Hall–Kier alpha value is 0.230. The van der Waals surface area contributed by atoms with E-state index in [0.29, 0.717) is 5.92 Å². The Morgan fingerprint density at radius 3 is 2.36 bits per heavy atom. The van der Waals surface area contributed by atoms with Gasteiger partial charge >= 0.3 is 0 Å². The zero-order chi connectivity index (χ0) is 8.48. The topological polar surface area (TPSA) is 58.3 Å². The average Bonchev–Trinajstić information content (AvgIpc) is 2.69. The number of nitrogens with one attached hydrogen (secondary N) is 1. The molecule has 0 aromatic heterocycles. The summed E-state index contributed by atoms with van der Waals surface area (Å²) in [5, 5.41) is 17.5. The summed E-state index contributed by atoms with van der Waals surface area (Å²) in [6.45, 7) is 4.32. The second-order valence-electron chi connectivity index (χ2n) is 3.44. The standard InChI is InChI=1S/C7H16N2OS/c1-5(2)7(3-4-7)9-6(10)11-8/h5-6,9-10H,3-4,8H2,1-2H3. The van der Waals surface area contributed by atoms with E-state index in [1.54, 1.807) is 0 Å². The fraction of sp³-hybridized carbons (Fsp3) is 1.00. The molecule has 4 N–H and O–H groups in total. The van der Waals surface area contributed by atoms with Crippen molar-refractivity contribution in [2.75, 3.05) is 0 Å². The minimum Gasteiger partial charge on any atom is -0.368 e. The first-order chi connectivity index (χ1) is 5.10. The van der Waals surface area contributed by atoms with Crippen LogP contribution in [0.4, 0.5) is 0 Å². The van der Waals surface area contributed by atoms with Crippen LogP contribution in [-0.2, 0) is 0 Å². The van der Waals surface area contributed by atoms with Gasteiger partial charge in [-0.05, 0) is 30.7 Å². The fourth-order valence-electron chi connectivity index (χ4n) is 1.30. The van der Waals surface area contributed by atoms with Gasteiger partial charge in [0, 0.05) is 5.54 Å². The SMILES string of the molecule is CC(C)C1(NC(O)SN)CC1. The molecule has 3 nitrogen and oxygen atoms in total. The van der Waals surface area contributed by atoms with Crippen LogP contribution in [0.25, 0.3) is 0 Å². The fourth-order valence-corrected chi connectivity index (χ4v) is 1.61. The minimum absolute atomic E-state index is 0.172. The third kappa shape index (κ3) is 2.08. The highest BCUT2D eigenvalue weighted by Gasteiger charge is 2.46. The van der Waals surface area contributed by atoms with Gasteiger partial charge in [0.2, 0.25) is 0 Å². The average molecular weight is 176 g/mol. The van der Waals surface area contributed by atoms with E-state index in [1.165, 1.54) is 0 Å². The van der Waals surface area contributed by atoms with Crippen molar-refractivity contribution in [1.29, 1.82) is 0 Å². The number of aliphatic hydroxyl groups is 1. The van der Waals surface area contributed by atoms with Crippen molar-refractivity contribution in [2.45, 2.75) is 37.8 Å². The molecule has 4 heteroatoms. The van der Waals surface area contributed by atoms with Gasteiger partial charge in [0.15, 0.2) is 5.56 Å². The maximum Gasteiger partial charge on any atom is 0.167 e. The molecule has 0 heterocycles. The van der Waals surface area contributed by atoms with Gasteiger partial charge in [0.1, 0.15) is 0 Å². The van der Waals surface area contributed by atoms with E-state index in [-0.39, 0.29) is 5.54 Å².